The van der Waals surface area contributed by atoms with Crippen molar-refractivity contribution in [3.63, 3.8) is 0 Å². The van der Waals surface area contributed by atoms with Gasteiger partial charge in [0, 0.05) is 0 Å². The molecule has 0 heterocycles. The van der Waals surface area contributed by atoms with Gasteiger partial charge in [0.15, 0.2) is 10.1 Å². The van der Waals surface area contributed by atoms with Crippen molar-refractivity contribution in [1.29, 1.82) is 0 Å². The van der Waals surface area contributed by atoms with E-state index in [1.54, 1.807) is 13.8 Å². The van der Waals surface area contributed by atoms with Crippen molar-refractivity contribution in [3.8, 4) is 0 Å². The summed E-state index contributed by atoms with van der Waals surface area (Å²) in [6.45, 7) is 3.21. The Balaban J connectivity index is 0. The Bertz CT molecular complexity index is 341. The molecule has 0 aliphatic carbocycles. The highest BCUT2D eigenvalue weighted by molar-refractivity contribution is 8.33. The second-order valence-corrected chi connectivity index (χ2v) is 8.73. The molecule has 0 N–H and O–H groups in total. The highest BCUT2D eigenvalue weighted by atomic mass is 32.3. The molecule has 0 amide bonds. The van der Waals surface area contributed by atoms with E-state index in [-0.39, 0.29) is 11.5 Å². The number of halogens is 6. The number of rotatable bonds is 2. The summed E-state index contributed by atoms with van der Waals surface area (Å²) >= 11 is 0. The maximum atomic E-state index is 12.1. The van der Waals surface area contributed by atoms with Crippen LogP contribution >= 0.6 is 10.0 Å². The van der Waals surface area contributed by atoms with Crippen molar-refractivity contribution in [1.82, 2.24) is 0 Å². The van der Waals surface area contributed by atoms with E-state index in [1.165, 1.54) is 6.26 Å². The van der Waals surface area contributed by atoms with Gasteiger partial charge in [0.25, 0.3) is 0 Å². The maximum absolute atomic E-state index is 12.1. The summed E-state index contributed by atoms with van der Waals surface area (Å²) < 4.78 is 95.3. The van der Waals surface area contributed by atoms with E-state index >= 15 is 0 Å². The lowest BCUT2D eigenvalue weighted by molar-refractivity contribution is -0.0518. The van der Waals surface area contributed by atoms with E-state index in [4.69, 9.17) is 13.0 Å². The van der Waals surface area contributed by atoms with Gasteiger partial charge in [-0.25, -0.2) is 8.42 Å². The van der Waals surface area contributed by atoms with Gasteiger partial charge in [-0.1, -0.05) is 13.8 Å². The summed E-state index contributed by atoms with van der Waals surface area (Å²) in [5.74, 6) is 0.486. The van der Waals surface area contributed by atoms with Crippen molar-refractivity contribution < 1.29 is 39.3 Å². The average molecular weight is 323 g/mol. The van der Waals surface area contributed by atoms with E-state index in [2.05, 4.69) is 0 Å². The molecule has 0 saturated heterocycles. The third-order valence-electron chi connectivity index (χ3n) is 2.12. The van der Waals surface area contributed by atoms with Crippen LogP contribution in [0, 0.1) is 0 Å². The molecule has 114 valence electrons. The molecule has 0 bridgehead atoms. The van der Waals surface area contributed by atoms with E-state index in [9.17, 15) is 26.3 Å². The quantitative estimate of drug-likeness (QED) is 0.446. The van der Waals surface area contributed by atoms with Gasteiger partial charge >= 0.3 is 11.0 Å². The molecule has 0 aromatic heterocycles. The smallest absolute Gasteiger partial charge is 0.485 e. The molecule has 0 unspecified atom stereocenters. The van der Waals surface area contributed by atoms with Gasteiger partial charge in [0.1, 0.15) is 0 Å². The van der Waals surface area contributed by atoms with Crippen LogP contribution in [0.5, 0.6) is 0 Å². The summed E-state index contributed by atoms with van der Waals surface area (Å²) in [6, 6.07) is 0. The van der Waals surface area contributed by atoms with Gasteiger partial charge < -0.3 is 4.55 Å². The summed E-state index contributed by atoms with van der Waals surface area (Å²) in [7, 11) is -8.42. The standard InChI is InChI=1S/C6H13F3S.CHF3O3S/c1-4-10(3,5-2)6(7,8)9;2-1(3,4)8(5,6)7/h4-5H2,1-3H3;(H,5,6,7)/p-1. The van der Waals surface area contributed by atoms with Crippen molar-refractivity contribution in [2.45, 2.75) is 24.9 Å². The van der Waals surface area contributed by atoms with Crippen LogP contribution in [0.25, 0.3) is 0 Å². The Morgan fingerprint density at radius 2 is 1.11 bits per heavy atom. The van der Waals surface area contributed by atoms with Crippen LogP contribution in [-0.4, -0.2) is 41.7 Å². The Labute approximate surface area is 103 Å². The summed E-state index contributed by atoms with van der Waals surface area (Å²) in [6.07, 6.45) is 1.34. The molecule has 0 atom stereocenters. The molecule has 0 aliphatic rings. The van der Waals surface area contributed by atoms with Gasteiger partial charge in [-0.15, -0.1) is 0 Å². The van der Waals surface area contributed by atoms with Crippen LogP contribution < -0.4 is 0 Å². The van der Waals surface area contributed by atoms with Crippen molar-refractivity contribution in [2.75, 3.05) is 17.8 Å². The second kappa shape index (κ2) is 6.33. The molecule has 0 aromatic carbocycles. The summed E-state index contributed by atoms with van der Waals surface area (Å²) in [5.41, 5.74) is -9.61. The van der Waals surface area contributed by atoms with E-state index in [0.717, 1.165) is 0 Å². The van der Waals surface area contributed by atoms with Crippen LogP contribution in [0.3, 0.4) is 0 Å². The lowest BCUT2D eigenvalue weighted by Crippen LogP contribution is -2.22. The zero-order valence-electron chi connectivity index (χ0n) is 9.72. The first-order valence-electron chi connectivity index (χ1n) is 4.44. The van der Waals surface area contributed by atoms with Crippen molar-refractivity contribution in [2.24, 2.45) is 0 Å². The first kappa shape index (κ1) is 20.2. The molecule has 0 fully saturated rings. The van der Waals surface area contributed by atoms with Crippen LogP contribution in [-0.2, 0) is 10.1 Å². The van der Waals surface area contributed by atoms with E-state index in [1.807, 2.05) is 0 Å². The largest absolute Gasteiger partial charge is 0.741 e. The molecule has 3 nitrogen and oxygen atoms in total. The lowest BCUT2D eigenvalue weighted by atomic mass is 11.0. The van der Waals surface area contributed by atoms with Crippen LogP contribution in [0.15, 0.2) is 0 Å². The molecular weight excluding hydrogens is 310 g/mol. The minimum atomic E-state index is -6.09. The first-order chi connectivity index (χ1) is 7.62. The van der Waals surface area contributed by atoms with E-state index < -0.39 is 31.2 Å². The van der Waals surface area contributed by atoms with Crippen LogP contribution in [0.4, 0.5) is 26.3 Å². The van der Waals surface area contributed by atoms with Crippen molar-refractivity contribution in [3.05, 3.63) is 0 Å². The fraction of sp³-hybridized carbons (Fsp3) is 1.00. The average Bonchev–Trinajstić information content (AvgIpc) is 2.12. The predicted molar refractivity (Wildman–Crippen MR) is 56.4 cm³/mol. The molecular formula is C7H13F6O3S2-. The normalized spacial score (nSPS) is 14.8. The zero-order chi connectivity index (χ0) is 15.4. The lowest BCUT2D eigenvalue weighted by Gasteiger charge is -2.35. The third kappa shape index (κ3) is 6.14. The molecule has 0 aromatic rings. The topological polar surface area (TPSA) is 57.2 Å². The van der Waals surface area contributed by atoms with Gasteiger partial charge in [0.05, 0.1) is 0 Å². The van der Waals surface area contributed by atoms with Gasteiger partial charge in [-0.2, -0.15) is 36.4 Å². The molecule has 11 heteroatoms. The van der Waals surface area contributed by atoms with Crippen LogP contribution in [0.2, 0.25) is 0 Å². The Kier molecular flexibility index (Phi) is 7.09. The van der Waals surface area contributed by atoms with E-state index in [0.29, 0.717) is 0 Å². The SMILES string of the molecule is CCS(C)(CC)C(F)(F)F.O=S(=O)([O-])C(F)(F)F. The number of hydrogen-bond acceptors (Lipinski definition) is 3. The fourth-order valence-corrected chi connectivity index (χ4v) is 1.59. The number of alkyl halides is 6. The molecule has 0 rings (SSSR count). The zero-order valence-corrected chi connectivity index (χ0v) is 11.4. The highest BCUT2D eigenvalue weighted by Crippen LogP contribution is 2.58. The maximum Gasteiger partial charge on any atom is 0.485 e. The molecule has 0 saturated carbocycles. The van der Waals surface area contributed by atoms with Crippen LogP contribution in [0.1, 0.15) is 13.8 Å². The minimum absolute atomic E-state index is 0.243. The monoisotopic (exact) mass is 323 g/mol. The molecule has 0 spiro atoms. The fourth-order valence-electron chi connectivity index (χ4n) is 0.531. The summed E-state index contributed by atoms with van der Waals surface area (Å²) in [5, 5.41) is 0. The summed E-state index contributed by atoms with van der Waals surface area (Å²) in [4.78, 5) is 0. The third-order valence-corrected chi connectivity index (χ3v) is 6.35. The Morgan fingerprint density at radius 3 is 1.11 bits per heavy atom. The molecule has 18 heavy (non-hydrogen) atoms. The molecule has 0 radical (unpaired) electrons. The molecule has 0 aliphatic heterocycles. The Morgan fingerprint density at radius 1 is 0.889 bits per heavy atom. The minimum Gasteiger partial charge on any atom is -0.741 e. The highest BCUT2D eigenvalue weighted by Gasteiger charge is 2.43. The first-order valence-corrected chi connectivity index (χ1v) is 8.23. The van der Waals surface area contributed by atoms with Crippen molar-refractivity contribution >= 4 is 20.1 Å². The Hall–Kier alpha value is -0.160. The van der Waals surface area contributed by atoms with Gasteiger partial charge in [-0.05, 0) is 17.8 Å². The second-order valence-electron chi connectivity index (χ2n) is 3.20. The predicted octanol–water partition coefficient (Wildman–Crippen LogP) is 3.03. The number of hydrogen-bond donors (Lipinski definition) is 0. The van der Waals surface area contributed by atoms with Gasteiger partial charge in [0.2, 0.25) is 0 Å². The van der Waals surface area contributed by atoms with Gasteiger partial charge in [-0.3, -0.25) is 0 Å².